The van der Waals surface area contributed by atoms with Crippen molar-refractivity contribution in [2.45, 2.75) is 110 Å². The fraction of sp³-hybridized carbons (Fsp3) is 0.895. The molecule has 0 heterocycles. The lowest BCUT2D eigenvalue weighted by molar-refractivity contribution is 0.618. The molecule has 0 saturated heterocycles. The summed E-state index contributed by atoms with van der Waals surface area (Å²) in [6.45, 7) is 4.64. The Morgan fingerprint density at radius 1 is 0.579 bits per heavy atom. The van der Waals surface area contributed by atoms with Gasteiger partial charge in [0.1, 0.15) is 0 Å². The Hall–Kier alpha value is -0.260. The van der Waals surface area contributed by atoms with E-state index in [0.29, 0.717) is 0 Å². The molecule has 0 unspecified atom stereocenters. The average molecular weight is 264 g/mol. The molecule has 19 heavy (non-hydrogen) atoms. The molecule has 112 valence electrons. The van der Waals surface area contributed by atoms with Crippen molar-refractivity contribution in [3.05, 3.63) is 11.1 Å². The van der Waals surface area contributed by atoms with Crippen molar-refractivity contribution in [2.75, 3.05) is 0 Å². The molecule has 0 radical (unpaired) electrons. The molecule has 0 amide bonds. The van der Waals surface area contributed by atoms with Gasteiger partial charge in [-0.15, -0.1) is 0 Å². The van der Waals surface area contributed by atoms with Crippen LogP contribution in [0.3, 0.4) is 0 Å². The first-order valence-electron chi connectivity index (χ1n) is 9.08. The van der Waals surface area contributed by atoms with Crippen LogP contribution in [-0.2, 0) is 0 Å². The van der Waals surface area contributed by atoms with Crippen LogP contribution in [0, 0.1) is 0 Å². The van der Waals surface area contributed by atoms with Crippen molar-refractivity contribution in [1.29, 1.82) is 0 Å². The van der Waals surface area contributed by atoms with Crippen molar-refractivity contribution in [2.24, 2.45) is 0 Å². The summed E-state index contributed by atoms with van der Waals surface area (Å²) in [5.41, 5.74) is 3.76. The lowest BCUT2D eigenvalue weighted by Gasteiger charge is -2.15. The monoisotopic (exact) mass is 264 g/mol. The third-order valence-corrected chi connectivity index (χ3v) is 4.62. The molecule has 0 aliphatic heterocycles. The van der Waals surface area contributed by atoms with E-state index in [4.69, 9.17) is 0 Å². The van der Waals surface area contributed by atoms with Crippen LogP contribution in [0.5, 0.6) is 0 Å². The predicted molar refractivity (Wildman–Crippen MR) is 87.6 cm³/mol. The van der Waals surface area contributed by atoms with Gasteiger partial charge in [0.25, 0.3) is 0 Å². The molecule has 0 saturated carbocycles. The molecule has 0 bridgehead atoms. The molecule has 0 aromatic carbocycles. The predicted octanol–water partition coefficient (Wildman–Crippen LogP) is 7.19. The highest BCUT2D eigenvalue weighted by atomic mass is 14.2. The van der Waals surface area contributed by atoms with Crippen LogP contribution in [0.1, 0.15) is 110 Å². The minimum absolute atomic E-state index is 1.36. The molecule has 0 atom stereocenters. The molecule has 0 nitrogen and oxygen atoms in total. The second-order valence-electron chi connectivity index (χ2n) is 6.39. The van der Waals surface area contributed by atoms with Crippen LogP contribution in [0.4, 0.5) is 0 Å². The fourth-order valence-corrected chi connectivity index (χ4v) is 3.34. The number of unbranched alkanes of at least 4 members (excludes halogenated alkanes) is 4. The van der Waals surface area contributed by atoms with E-state index < -0.39 is 0 Å². The topological polar surface area (TPSA) is 0 Å². The molecule has 1 rings (SSSR count). The first-order valence-corrected chi connectivity index (χ1v) is 9.08. The number of hydrogen-bond acceptors (Lipinski definition) is 0. The van der Waals surface area contributed by atoms with Gasteiger partial charge in [-0.2, -0.15) is 0 Å². The summed E-state index contributed by atoms with van der Waals surface area (Å²) in [4.78, 5) is 0. The van der Waals surface area contributed by atoms with Crippen molar-refractivity contribution in [1.82, 2.24) is 0 Å². The summed E-state index contributed by atoms with van der Waals surface area (Å²) in [6, 6.07) is 0. The Kier molecular flexibility index (Phi) is 10.2. The van der Waals surface area contributed by atoms with Gasteiger partial charge in [0.2, 0.25) is 0 Å². The lowest BCUT2D eigenvalue weighted by atomic mass is 9.91. The normalized spacial score (nSPS) is 21.8. The Balaban J connectivity index is 2.56. The van der Waals surface area contributed by atoms with E-state index in [0.717, 1.165) is 0 Å². The minimum Gasteiger partial charge on any atom is -0.0710 e. The summed E-state index contributed by atoms with van der Waals surface area (Å²) in [7, 11) is 0. The summed E-state index contributed by atoms with van der Waals surface area (Å²) < 4.78 is 0. The third-order valence-electron chi connectivity index (χ3n) is 4.62. The maximum absolute atomic E-state index is 2.32. The van der Waals surface area contributed by atoms with E-state index in [1.165, 1.54) is 96.3 Å². The van der Waals surface area contributed by atoms with Gasteiger partial charge in [-0.05, 0) is 51.4 Å². The Morgan fingerprint density at radius 2 is 1.00 bits per heavy atom. The minimum atomic E-state index is 1.36. The second-order valence-corrected chi connectivity index (χ2v) is 6.39. The van der Waals surface area contributed by atoms with Gasteiger partial charge in [0.05, 0.1) is 0 Å². The SMILES string of the molecule is CCCCC/C1=C(\CCCCC)CCCCCCC1. The molecule has 0 aromatic rings. The molecule has 0 heteroatoms. The average Bonchev–Trinajstić information content (AvgIpc) is 2.53. The van der Waals surface area contributed by atoms with Crippen LogP contribution in [-0.4, -0.2) is 0 Å². The van der Waals surface area contributed by atoms with Crippen molar-refractivity contribution in [3.8, 4) is 0 Å². The van der Waals surface area contributed by atoms with Crippen LogP contribution < -0.4 is 0 Å². The van der Waals surface area contributed by atoms with Crippen LogP contribution in [0.25, 0.3) is 0 Å². The van der Waals surface area contributed by atoms with Gasteiger partial charge in [0.15, 0.2) is 0 Å². The van der Waals surface area contributed by atoms with E-state index in [9.17, 15) is 0 Å². The Labute approximate surface area is 122 Å². The molecule has 0 aromatic heterocycles. The lowest BCUT2D eigenvalue weighted by Crippen LogP contribution is -1.95. The van der Waals surface area contributed by atoms with E-state index in [2.05, 4.69) is 13.8 Å². The standard InChI is InChI=1S/C19H36/c1-3-5-10-14-18-16-12-8-7-9-13-17-19(18)15-11-6-4-2/h3-17H2,1-2H3/b19-18-. The molecule has 0 spiro atoms. The Bertz CT molecular complexity index is 212. The van der Waals surface area contributed by atoms with Crippen molar-refractivity contribution >= 4 is 0 Å². The van der Waals surface area contributed by atoms with Crippen molar-refractivity contribution < 1.29 is 0 Å². The quantitative estimate of drug-likeness (QED) is 0.321. The largest absolute Gasteiger partial charge is 0.0710 e. The first-order chi connectivity index (χ1) is 9.38. The zero-order valence-corrected chi connectivity index (χ0v) is 13.6. The van der Waals surface area contributed by atoms with Crippen LogP contribution in [0.2, 0.25) is 0 Å². The molecule has 1 aliphatic carbocycles. The van der Waals surface area contributed by atoms with E-state index >= 15 is 0 Å². The van der Waals surface area contributed by atoms with Gasteiger partial charge in [-0.25, -0.2) is 0 Å². The number of rotatable bonds is 8. The first kappa shape index (κ1) is 16.8. The van der Waals surface area contributed by atoms with E-state index in [-0.39, 0.29) is 0 Å². The highest BCUT2D eigenvalue weighted by Crippen LogP contribution is 2.29. The molecule has 0 N–H and O–H groups in total. The fourth-order valence-electron chi connectivity index (χ4n) is 3.34. The zero-order valence-electron chi connectivity index (χ0n) is 13.6. The zero-order chi connectivity index (χ0) is 13.8. The smallest absolute Gasteiger partial charge is 0.0318 e. The van der Waals surface area contributed by atoms with E-state index in [1.54, 1.807) is 0 Å². The summed E-state index contributed by atoms with van der Waals surface area (Å²) in [6.07, 6.45) is 21.4. The molecule has 0 fully saturated rings. The summed E-state index contributed by atoms with van der Waals surface area (Å²) in [5, 5.41) is 0. The van der Waals surface area contributed by atoms with Gasteiger partial charge in [-0.3, -0.25) is 0 Å². The molecule has 1 aliphatic rings. The highest BCUT2D eigenvalue weighted by Gasteiger charge is 2.09. The van der Waals surface area contributed by atoms with Gasteiger partial charge < -0.3 is 0 Å². The van der Waals surface area contributed by atoms with Gasteiger partial charge in [-0.1, -0.05) is 69.9 Å². The number of allylic oxidation sites excluding steroid dienone is 2. The molecular weight excluding hydrogens is 228 g/mol. The van der Waals surface area contributed by atoms with E-state index in [1.807, 2.05) is 11.1 Å². The van der Waals surface area contributed by atoms with Gasteiger partial charge >= 0.3 is 0 Å². The third kappa shape index (κ3) is 7.80. The highest BCUT2D eigenvalue weighted by molar-refractivity contribution is 5.15. The molecular formula is C19H36. The summed E-state index contributed by atoms with van der Waals surface area (Å²) >= 11 is 0. The Morgan fingerprint density at radius 3 is 1.42 bits per heavy atom. The van der Waals surface area contributed by atoms with Crippen LogP contribution in [0.15, 0.2) is 11.1 Å². The van der Waals surface area contributed by atoms with Gasteiger partial charge in [0, 0.05) is 0 Å². The maximum Gasteiger partial charge on any atom is -0.0318 e. The van der Waals surface area contributed by atoms with Crippen molar-refractivity contribution in [3.63, 3.8) is 0 Å². The number of hydrogen-bond donors (Lipinski definition) is 0. The maximum atomic E-state index is 2.32. The summed E-state index contributed by atoms with van der Waals surface area (Å²) in [5.74, 6) is 0. The van der Waals surface area contributed by atoms with Crippen LogP contribution >= 0.6 is 0 Å². The second kappa shape index (κ2) is 11.6.